The molecule has 0 radical (unpaired) electrons. The molecule has 0 aromatic heterocycles. The van der Waals surface area contributed by atoms with E-state index in [-0.39, 0.29) is 0 Å². The number of rotatable bonds is 3. The monoisotopic (exact) mass is 170 g/mol. The third-order valence-electron chi connectivity index (χ3n) is 1.25. The molecule has 0 aromatic rings. The molecular formula is C9H15OP. The third-order valence-corrected chi connectivity index (χ3v) is 2.79. The van der Waals surface area contributed by atoms with Crippen molar-refractivity contribution in [1.82, 2.24) is 0 Å². The first-order valence-electron chi connectivity index (χ1n) is 3.53. The number of allylic oxidation sites excluding steroid dienone is 5. The fraction of sp³-hybridized carbons (Fsp3) is 0.333. The highest BCUT2D eigenvalue weighted by Gasteiger charge is 2.09. The molecule has 11 heavy (non-hydrogen) atoms. The zero-order chi connectivity index (χ0) is 8.91. The molecule has 0 saturated heterocycles. The van der Waals surface area contributed by atoms with E-state index in [1.54, 1.807) is 25.5 Å². The minimum Gasteiger partial charge on any atom is -0.319 e. The summed E-state index contributed by atoms with van der Waals surface area (Å²) in [7, 11) is -2.11. The second-order valence-electron chi connectivity index (χ2n) is 2.68. The van der Waals surface area contributed by atoms with E-state index < -0.39 is 7.14 Å². The molecule has 0 aliphatic carbocycles. The van der Waals surface area contributed by atoms with Crippen molar-refractivity contribution in [3.63, 3.8) is 0 Å². The van der Waals surface area contributed by atoms with Crippen LogP contribution in [0.2, 0.25) is 0 Å². The van der Waals surface area contributed by atoms with Crippen molar-refractivity contribution >= 4 is 7.14 Å². The largest absolute Gasteiger partial charge is 0.319 e. The maximum atomic E-state index is 11.5. The molecule has 0 saturated carbocycles. The summed E-state index contributed by atoms with van der Waals surface area (Å²) < 4.78 is 11.5. The lowest BCUT2D eigenvalue weighted by atomic mass is 10.4. The van der Waals surface area contributed by atoms with Gasteiger partial charge in [-0.3, -0.25) is 0 Å². The van der Waals surface area contributed by atoms with Crippen molar-refractivity contribution in [3.8, 4) is 0 Å². The summed E-state index contributed by atoms with van der Waals surface area (Å²) in [5.41, 5.74) is 0. The fourth-order valence-corrected chi connectivity index (χ4v) is 1.68. The van der Waals surface area contributed by atoms with Crippen molar-refractivity contribution in [2.45, 2.75) is 6.92 Å². The Morgan fingerprint density at radius 1 is 1.45 bits per heavy atom. The van der Waals surface area contributed by atoms with Gasteiger partial charge in [0.15, 0.2) is 0 Å². The van der Waals surface area contributed by atoms with Gasteiger partial charge in [-0.25, -0.2) is 0 Å². The van der Waals surface area contributed by atoms with Crippen LogP contribution in [0.25, 0.3) is 0 Å². The Morgan fingerprint density at radius 2 is 2.00 bits per heavy atom. The molecular weight excluding hydrogens is 155 g/mol. The van der Waals surface area contributed by atoms with Crippen molar-refractivity contribution in [3.05, 3.63) is 36.2 Å². The molecule has 0 amide bonds. The molecule has 2 heteroatoms. The van der Waals surface area contributed by atoms with Gasteiger partial charge >= 0.3 is 0 Å². The van der Waals surface area contributed by atoms with Crippen molar-refractivity contribution < 1.29 is 4.57 Å². The van der Waals surface area contributed by atoms with E-state index in [1.807, 2.05) is 19.1 Å². The van der Waals surface area contributed by atoms with Gasteiger partial charge in [0.25, 0.3) is 0 Å². The van der Waals surface area contributed by atoms with Gasteiger partial charge in [-0.15, -0.1) is 0 Å². The van der Waals surface area contributed by atoms with Crippen LogP contribution in [0, 0.1) is 0 Å². The Labute approximate surface area is 68.9 Å². The Hall–Kier alpha value is -0.550. The van der Waals surface area contributed by atoms with Crippen molar-refractivity contribution in [1.29, 1.82) is 0 Å². The second-order valence-corrected chi connectivity index (χ2v) is 5.90. The van der Waals surface area contributed by atoms with Gasteiger partial charge in [0.1, 0.15) is 7.14 Å². The quantitative estimate of drug-likeness (QED) is 0.469. The van der Waals surface area contributed by atoms with Crippen molar-refractivity contribution in [2.24, 2.45) is 0 Å². The van der Waals surface area contributed by atoms with Gasteiger partial charge in [0.2, 0.25) is 0 Å². The van der Waals surface area contributed by atoms with Crippen LogP contribution in [-0.4, -0.2) is 13.3 Å². The average molecular weight is 170 g/mol. The lowest BCUT2D eigenvalue weighted by molar-refractivity contribution is 0.587. The molecule has 0 aliphatic heterocycles. The smallest absolute Gasteiger partial charge is 0.109 e. The van der Waals surface area contributed by atoms with Crippen LogP contribution in [0.4, 0.5) is 0 Å². The minimum atomic E-state index is -2.11. The van der Waals surface area contributed by atoms with E-state index in [0.717, 1.165) is 5.31 Å². The van der Waals surface area contributed by atoms with E-state index in [4.69, 9.17) is 0 Å². The molecule has 0 N–H and O–H groups in total. The Bertz CT molecular complexity index is 230. The van der Waals surface area contributed by atoms with Gasteiger partial charge in [0.05, 0.1) is 0 Å². The van der Waals surface area contributed by atoms with Crippen LogP contribution in [0.1, 0.15) is 6.92 Å². The molecule has 0 rings (SSSR count). The van der Waals surface area contributed by atoms with Crippen LogP contribution < -0.4 is 0 Å². The van der Waals surface area contributed by atoms with Crippen LogP contribution in [0.3, 0.4) is 0 Å². The minimum absolute atomic E-state index is 0.870. The predicted octanol–water partition coefficient (Wildman–Crippen LogP) is 3.26. The van der Waals surface area contributed by atoms with Crippen molar-refractivity contribution in [2.75, 3.05) is 13.3 Å². The van der Waals surface area contributed by atoms with Gasteiger partial charge in [0, 0.05) is 5.31 Å². The molecule has 0 atom stereocenters. The highest BCUT2D eigenvalue weighted by Crippen LogP contribution is 2.46. The summed E-state index contributed by atoms with van der Waals surface area (Å²) in [6.45, 7) is 8.98. The van der Waals surface area contributed by atoms with Crippen LogP contribution >= 0.6 is 7.14 Å². The third kappa shape index (κ3) is 4.00. The van der Waals surface area contributed by atoms with Crippen LogP contribution in [-0.2, 0) is 4.57 Å². The maximum Gasteiger partial charge on any atom is 0.109 e. The SMILES string of the molecule is C=C/C=C(\C=C/C)P(C)(C)=O. The summed E-state index contributed by atoms with van der Waals surface area (Å²) in [4.78, 5) is 0. The molecule has 0 aromatic carbocycles. The number of hydrogen-bond donors (Lipinski definition) is 0. The van der Waals surface area contributed by atoms with E-state index in [0.29, 0.717) is 0 Å². The Balaban J connectivity index is 4.77. The maximum absolute atomic E-state index is 11.5. The lowest BCUT2D eigenvalue weighted by Gasteiger charge is -2.05. The van der Waals surface area contributed by atoms with E-state index >= 15 is 0 Å². The molecule has 1 nitrogen and oxygen atoms in total. The van der Waals surface area contributed by atoms with Gasteiger partial charge in [-0.05, 0) is 20.3 Å². The standard InChI is InChI=1S/C9H15OP/c1-5-7-9(8-6-2)11(3,4)10/h5-8H,1H2,2-4H3/b8-6-,9-7+. The molecule has 0 aliphatic rings. The summed E-state index contributed by atoms with van der Waals surface area (Å²) in [6.07, 6.45) is 7.20. The van der Waals surface area contributed by atoms with E-state index in [1.165, 1.54) is 0 Å². The Kier molecular flexibility index (Phi) is 4.14. The summed E-state index contributed by atoms with van der Waals surface area (Å²) in [5.74, 6) is 0. The summed E-state index contributed by atoms with van der Waals surface area (Å²) in [6, 6.07) is 0. The van der Waals surface area contributed by atoms with E-state index in [9.17, 15) is 4.57 Å². The first-order chi connectivity index (χ1) is 5.02. The van der Waals surface area contributed by atoms with Crippen LogP contribution in [0.15, 0.2) is 36.2 Å². The topological polar surface area (TPSA) is 17.1 Å². The zero-order valence-corrected chi connectivity index (χ0v) is 8.27. The number of hydrogen-bond acceptors (Lipinski definition) is 1. The van der Waals surface area contributed by atoms with Gasteiger partial charge in [-0.2, -0.15) is 0 Å². The highest BCUT2D eigenvalue weighted by molar-refractivity contribution is 7.66. The molecule has 62 valence electrons. The van der Waals surface area contributed by atoms with Gasteiger partial charge in [-0.1, -0.05) is 30.9 Å². The highest BCUT2D eigenvalue weighted by atomic mass is 31.2. The average Bonchev–Trinajstić information content (AvgIpc) is 1.85. The summed E-state index contributed by atoms with van der Waals surface area (Å²) in [5, 5.41) is 0.870. The lowest BCUT2D eigenvalue weighted by Crippen LogP contribution is -1.78. The summed E-state index contributed by atoms with van der Waals surface area (Å²) >= 11 is 0. The normalized spacial score (nSPS) is 13.9. The van der Waals surface area contributed by atoms with Gasteiger partial charge < -0.3 is 4.57 Å². The molecule has 0 heterocycles. The first kappa shape index (κ1) is 10.4. The molecule has 0 spiro atoms. The predicted molar refractivity (Wildman–Crippen MR) is 52.5 cm³/mol. The van der Waals surface area contributed by atoms with Crippen LogP contribution in [0.5, 0.6) is 0 Å². The zero-order valence-electron chi connectivity index (χ0n) is 7.37. The molecule has 0 fully saturated rings. The second kappa shape index (κ2) is 4.35. The Morgan fingerprint density at radius 3 is 2.27 bits per heavy atom. The molecule has 0 bridgehead atoms. The first-order valence-corrected chi connectivity index (χ1v) is 6.13. The molecule has 0 unspecified atom stereocenters. The fourth-order valence-electron chi connectivity index (χ4n) is 0.706. The van der Waals surface area contributed by atoms with E-state index in [2.05, 4.69) is 6.58 Å².